The Morgan fingerprint density at radius 2 is 1.89 bits per heavy atom. The van der Waals surface area contributed by atoms with Gasteiger partial charge in [0.1, 0.15) is 12.0 Å². The Labute approximate surface area is 111 Å². The summed E-state index contributed by atoms with van der Waals surface area (Å²) in [5.41, 5.74) is 1.74. The van der Waals surface area contributed by atoms with Gasteiger partial charge in [0.25, 0.3) is 0 Å². The lowest BCUT2D eigenvalue weighted by molar-refractivity contribution is 0.112. The average molecular weight is 258 g/mol. The molecule has 0 atom stereocenters. The maximum atomic E-state index is 10.8. The number of aldehydes is 1. The first-order valence-electron chi connectivity index (χ1n) is 5.60. The Morgan fingerprint density at radius 3 is 2.56 bits per heavy atom. The second-order valence-electron chi connectivity index (χ2n) is 3.92. The van der Waals surface area contributed by atoms with Gasteiger partial charge in [0.05, 0.1) is 7.11 Å². The molecule has 18 heavy (non-hydrogen) atoms. The Morgan fingerprint density at radius 1 is 1.11 bits per heavy atom. The summed E-state index contributed by atoms with van der Waals surface area (Å²) in [6.07, 6.45) is 0.884. The lowest BCUT2D eigenvalue weighted by atomic mass is 10.1. The summed E-state index contributed by atoms with van der Waals surface area (Å²) in [5.74, 6) is 0.848. The van der Waals surface area contributed by atoms with Crippen molar-refractivity contribution in [2.75, 3.05) is 7.11 Å². The van der Waals surface area contributed by atoms with Gasteiger partial charge in [-0.2, -0.15) is 0 Å². The van der Waals surface area contributed by atoms with Crippen molar-refractivity contribution >= 4 is 18.0 Å². The number of aryl methyl sites for hydroxylation is 1. The van der Waals surface area contributed by atoms with Gasteiger partial charge in [-0.1, -0.05) is 23.9 Å². The molecule has 92 valence electrons. The average Bonchev–Trinajstić information content (AvgIpc) is 2.39. The number of hydrogen-bond acceptors (Lipinski definition) is 3. The Hall–Kier alpha value is -1.74. The standard InChI is InChI=1S/C15H14O2S/c1-11-8-15(7-6-12(11)10-16)18-14-5-3-4-13(9-14)17-2/h3-10H,1-2H3. The van der Waals surface area contributed by atoms with Crippen LogP contribution in [0.4, 0.5) is 0 Å². The van der Waals surface area contributed by atoms with Crippen molar-refractivity contribution in [3.05, 3.63) is 53.6 Å². The molecule has 0 fully saturated rings. The largest absolute Gasteiger partial charge is 0.497 e. The van der Waals surface area contributed by atoms with Gasteiger partial charge in [-0.15, -0.1) is 0 Å². The van der Waals surface area contributed by atoms with Crippen molar-refractivity contribution in [2.24, 2.45) is 0 Å². The number of carbonyl (C=O) groups is 1. The smallest absolute Gasteiger partial charge is 0.150 e. The van der Waals surface area contributed by atoms with Crippen LogP contribution in [-0.4, -0.2) is 13.4 Å². The van der Waals surface area contributed by atoms with Crippen molar-refractivity contribution < 1.29 is 9.53 Å². The van der Waals surface area contributed by atoms with Crippen LogP contribution >= 0.6 is 11.8 Å². The fourth-order valence-corrected chi connectivity index (χ4v) is 2.61. The molecule has 0 aliphatic carbocycles. The van der Waals surface area contributed by atoms with E-state index in [1.54, 1.807) is 18.9 Å². The fourth-order valence-electron chi connectivity index (χ4n) is 1.64. The second kappa shape index (κ2) is 5.74. The van der Waals surface area contributed by atoms with E-state index in [4.69, 9.17) is 4.74 Å². The molecule has 0 spiro atoms. The summed E-state index contributed by atoms with van der Waals surface area (Å²) in [4.78, 5) is 13.0. The van der Waals surface area contributed by atoms with E-state index in [1.807, 2.05) is 49.4 Å². The maximum Gasteiger partial charge on any atom is 0.150 e. The van der Waals surface area contributed by atoms with Gasteiger partial charge in [0.15, 0.2) is 0 Å². The van der Waals surface area contributed by atoms with E-state index in [0.29, 0.717) is 0 Å². The zero-order chi connectivity index (χ0) is 13.0. The highest BCUT2D eigenvalue weighted by Gasteiger charge is 2.02. The number of methoxy groups -OCH3 is 1. The van der Waals surface area contributed by atoms with Crippen molar-refractivity contribution in [3.63, 3.8) is 0 Å². The van der Waals surface area contributed by atoms with E-state index < -0.39 is 0 Å². The zero-order valence-electron chi connectivity index (χ0n) is 10.3. The van der Waals surface area contributed by atoms with Gasteiger partial charge in [0, 0.05) is 15.4 Å². The van der Waals surface area contributed by atoms with Crippen LogP contribution in [0.15, 0.2) is 52.3 Å². The fraction of sp³-hybridized carbons (Fsp3) is 0.133. The predicted octanol–water partition coefficient (Wildman–Crippen LogP) is 3.97. The lowest BCUT2D eigenvalue weighted by Crippen LogP contribution is -1.86. The molecule has 0 aromatic heterocycles. The van der Waals surface area contributed by atoms with Gasteiger partial charge < -0.3 is 4.74 Å². The molecule has 2 nitrogen and oxygen atoms in total. The first-order valence-corrected chi connectivity index (χ1v) is 6.42. The minimum absolute atomic E-state index is 0.741. The van der Waals surface area contributed by atoms with Crippen LogP contribution in [0.5, 0.6) is 5.75 Å². The minimum Gasteiger partial charge on any atom is -0.497 e. The molecule has 0 N–H and O–H groups in total. The van der Waals surface area contributed by atoms with Crippen molar-refractivity contribution in [2.45, 2.75) is 16.7 Å². The molecule has 0 bridgehead atoms. The van der Waals surface area contributed by atoms with Crippen LogP contribution in [0.3, 0.4) is 0 Å². The van der Waals surface area contributed by atoms with Gasteiger partial charge in [0.2, 0.25) is 0 Å². The number of hydrogen-bond donors (Lipinski definition) is 0. The van der Waals surface area contributed by atoms with Crippen LogP contribution in [0, 0.1) is 6.92 Å². The van der Waals surface area contributed by atoms with Crippen LogP contribution in [0.1, 0.15) is 15.9 Å². The molecule has 0 aliphatic rings. The third kappa shape index (κ3) is 2.93. The van der Waals surface area contributed by atoms with Crippen LogP contribution in [0.25, 0.3) is 0 Å². The van der Waals surface area contributed by atoms with E-state index in [0.717, 1.165) is 33.0 Å². The number of rotatable bonds is 4. The molecule has 0 radical (unpaired) electrons. The third-order valence-corrected chi connectivity index (χ3v) is 3.62. The highest BCUT2D eigenvalue weighted by molar-refractivity contribution is 7.99. The zero-order valence-corrected chi connectivity index (χ0v) is 11.2. The molecule has 2 rings (SSSR count). The molecular weight excluding hydrogens is 244 g/mol. The molecule has 0 heterocycles. The van der Waals surface area contributed by atoms with Crippen molar-refractivity contribution in [1.82, 2.24) is 0 Å². The maximum absolute atomic E-state index is 10.8. The van der Waals surface area contributed by atoms with Crippen LogP contribution in [-0.2, 0) is 0 Å². The number of ether oxygens (including phenoxy) is 1. The summed E-state index contributed by atoms with van der Waals surface area (Å²) in [6, 6.07) is 13.8. The van der Waals surface area contributed by atoms with Crippen LogP contribution in [0.2, 0.25) is 0 Å². The molecule has 3 heteroatoms. The van der Waals surface area contributed by atoms with Crippen LogP contribution < -0.4 is 4.74 Å². The Bertz CT molecular complexity index is 564. The SMILES string of the molecule is COc1cccc(Sc2ccc(C=O)c(C)c2)c1. The molecule has 0 aliphatic heterocycles. The Kier molecular flexibility index (Phi) is 4.05. The van der Waals surface area contributed by atoms with E-state index in [-0.39, 0.29) is 0 Å². The molecule has 2 aromatic carbocycles. The highest BCUT2D eigenvalue weighted by atomic mass is 32.2. The minimum atomic E-state index is 0.741. The molecule has 0 saturated carbocycles. The van der Waals surface area contributed by atoms with E-state index in [2.05, 4.69) is 0 Å². The molecule has 0 amide bonds. The second-order valence-corrected chi connectivity index (χ2v) is 5.06. The van der Waals surface area contributed by atoms with E-state index >= 15 is 0 Å². The molecule has 0 saturated heterocycles. The molecule has 2 aromatic rings. The van der Waals surface area contributed by atoms with Gasteiger partial charge in [-0.25, -0.2) is 0 Å². The molecule has 0 unspecified atom stereocenters. The third-order valence-electron chi connectivity index (χ3n) is 2.65. The molecular formula is C15H14O2S. The summed E-state index contributed by atoms with van der Waals surface area (Å²) in [7, 11) is 1.66. The normalized spacial score (nSPS) is 10.1. The topological polar surface area (TPSA) is 26.3 Å². The lowest BCUT2D eigenvalue weighted by Gasteiger charge is -2.06. The number of benzene rings is 2. The number of carbonyl (C=O) groups excluding carboxylic acids is 1. The van der Waals surface area contributed by atoms with Gasteiger partial charge in [-0.05, 0) is 42.8 Å². The van der Waals surface area contributed by atoms with E-state index in [1.165, 1.54) is 0 Å². The summed E-state index contributed by atoms with van der Waals surface area (Å²) < 4.78 is 5.19. The van der Waals surface area contributed by atoms with Gasteiger partial charge in [-0.3, -0.25) is 4.79 Å². The van der Waals surface area contributed by atoms with Gasteiger partial charge >= 0.3 is 0 Å². The summed E-state index contributed by atoms with van der Waals surface area (Å²) >= 11 is 1.65. The van der Waals surface area contributed by atoms with Crippen molar-refractivity contribution in [1.29, 1.82) is 0 Å². The summed E-state index contributed by atoms with van der Waals surface area (Å²) in [6.45, 7) is 1.94. The first-order chi connectivity index (χ1) is 8.72. The Balaban J connectivity index is 2.22. The van der Waals surface area contributed by atoms with Crippen molar-refractivity contribution in [3.8, 4) is 5.75 Å². The quantitative estimate of drug-likeness (QED) is 0.776. The summed E-state index contributed by atoms with van der Waals surface area (Å²) in [5, 5.41) is 0. The first kappa shape index (κ1) is 12.7. The van der Waals surface area contributed by atoms with E-state index in [9.17, 15) is 4.79 Å². The predicted molar refractivity (Wildman–Crippen MR) is 73.7 cm³/mol. The highest BCUT2D eigenvalue weighted by Crippen LogP contribution is 2.30. The monoisotopic (exact) mass is 258 g/mol.